The van der Waals surface area contributed by atoms with Gasteiger partial charge in [-0.1, -0.05) is 11.6 Å². The van der Waals surface area contributed by atoms with Gasteiger partial charge in [-0.2, -0.15) is 18.3 Å². The molecule has 2 aromatic rings. The Labute approximate surface area is 142 Å². The van der Waals surface area contributed by atoms with E-state index < -0.39 is 11.7 Å². The molecule has 0 amide bonds. The summed E-state index contributed by atoms with van der Waals surface area (Å²) < 4.78 is 43.0. The zero-order valence-electron chi connectivity index (χ0n) is 13.0. The van der Waals surface area contributed by atoms with Gasteiger partial charge >= 0.3 is 6.18 Å². The lowest BCUT2D eigenvalue weighted by Crippen LogP contribution is -2.07. The minimum Gasteiger partial charge on any atom is -0.494 e. The van der Waals surface area contributed by atoms with E-state index in [-0.39, 0.29) is 10.8 Å². The lowest BCUT2D eigenvalue weighted by atomic mass is 10.1. The fourth-order valence-electron chi connectivity index (χ4n) is 1.84. The maximum absolute atomic E-state index is 12.6. The second-order valence-corrected chi connectivity index (χ2v) is 5.23. The summed E-state index contributed by atoms with van der Waals surface area (Å²) >= 11 is 5.81. The smallest absolute Gasteiger partial charge is 0.417 e. The van der Waals surface area contributed by atoms with Gasteiger partial charge in [-0.3, -0.25) is 5.43 Å². The molecule has 1 heterocycles. The highest BCUT2D eigenvalue weighted by Crippen LogP contribution is 2.32. The van der Waals surface area contributed by atoms with Crippen LogP contribution in [0.15, 0.2) is 41.6 Å². The highest BCUT2D eigenvalue weighted by molar-refractivity contribution is 6.33. The standard InChI is InChI=1S/C16H15ClF3N3O/c1-3-24-13-6-4-11(5-7-13)10(2)22-23-15-14(17)8-12(9-21-15)16(18,19)20/h4-9H,3H2,1-2H3,(H,21,23)/b22-10-. The maximum Gasteiger partial charge on any atom is 0.417 e. The zero-order chi connectivity index (χ0) is 17.7. The second kappa shape index (κ2) is 7.53. The first-order valence-electron chi connectivity index (χ1n) is 7.07. The van der Waals surface area contributed by atoms with Crippen LogP contribution in [-0.4, -0.2) is 17.3 Å². The number of aromatic nitrogens is 1. The van der Waals surface area contributed by atoms with Crippen molar-refractivity contribution < 1.29 is 17.9 Å². The Morgan fingerprint density at radius 3 is 2.50 bits per heavy atom. The second-order valence-electron chi connectivity index (χ2n) is 4.82. The first kappa shape index (κ1) is 18.1. The van der Waals surface area contributed by atoms with E-state index in [9.17, 15) is 13.2 Å². The Morgan fingerprint density at radius 1 is 1.29 bits per heavy atom. The van der Waals surface area contributed by atoms with Crippen molar-refractivity contribution in [1.29, 1.82) is 0 Å². The number of hydrogen-bond acceptors (Lipinski definition) is 4. The fraction of sp³-hybridized carbons (Fsp3) is 0.250. The van der Waals surface area contributed by atoms with Gasteiger partial charge in [-0.15, -0.1) is 0 Å². The van der Waals surface area contributed by atoms with E-state index in [1.807, 2.05) is 19.1 Å². The van der Waals surface area contributed by atoms with Gasteiger partial charge in [-0.25, -0.2) is 4.98 Å². The summed E-state index contributed by atoms with van der Waals surface area (Å²) in [6.07, 6.45) is -3.79. The number of halogens is 4. The van der Waals surface area contributed by atoms with Crippen molar-refractivity contribution in [3.63, 3.8) is 0 Å². The number of alkyl halides is 3. The predicted molar refractivity (Wildman–Crippen MR) is 87.7 cm³/mol. The van der Waals surface area contributed by atoms with Crippen LogP contribution in [0.1, 0.15) is 25.0 Å². The average molecular weight is 358 g/mol. The number of hydrazone groups is 1. The first-order valence-corrected chi connectivity index (χ1v) is 7.45. The van der Waals surface area contributed by atoms with Gasteiger partial charge in [0.15, 0.2) is 5.82 Å². The van der Waals surface area contributed by atoms with Crippen molar-refractivity contribution >= 4 is 23.1 Å². The van der Waals surface area contributed by atoms with Crippen molar-refractivity contribution in [3.8, 4) is 5.75 Å². The van der Waals surface area contributed by atoms with Gasteiger partial charge in [-0.05, 0) is 49.7 Å². The number of benzene rings is 1. The quantitative estimate of drug-likeness (QED) is 0.605. The Hall–Kier alpha value is -2.28. The number of pyridine rings is 1. The predicted octanol–water partition coefficient (Wildman–Crippen LogP) is 4.99. The lowest BCUT2D eigenvalue weighted by Gasteiger charge is -2.09. The maximum atomic E-state index is 12.6. The molecule has 1 N–H and O–H groups in total. The van der Waals surface area contributed by atoms with Crippen LogP contribution in [0.2, 0.25) is 5.02 Å². The van der Waals surface area contributed by atoms with Crippen molar-refractivity contribution in [3.05, 3.63) is 52.7 Å². The van der Waals surface area contributed by atoms with Crippen LogP contribution in [-0.2, 0) is 6.18 Å². The summed E-state index contributed by atoms with van der Waals surface area (Å²) in [6, 6.07) is 8.07. The van der Waals surface area contributed by atoms with Crippen LogP contribution in [0, 0.1) is 0 Å². The highest BCUT2D eigenvalue weighted by Gasteiger charge is 2.31. The molecule has 4 nitrogen and oxygen atoms in total. The molecular weight excluding hydrogens is 343 g/mol. The SMILES string of the molecule is CCOc1ccc(/C(C)=N\Nc2ncc(C(F)(F)F)cc2Cl)cc1. The van der Waals surface area contributed by atoms with Crippen molar-refractivity contribution in [2.75, 3.05) is 12.0 Å². The summed E-state index contributed by atoms with van der Waals surface area (Å²) in [6.45, 7) is 4.22. The van der Waals surface area contributed by atoms with E-state index in [1.54, 1.807) is 19.1 Å². The number of anilines is 1. The van der Waals surface area contributed by atoms with Crippen molar-refractivity contribution in [2.45, 2.75) is 20.0 Å². The van der Waals surface area contributed by atoms with Crippen molar-refractivity contribution in [2.24, 2.45) is 5.10 Å². The van der Waals surface area contributed by atoms with Gasteiger partial charge in [0.2, 0.25) is 0 Å². The fourth-order valence-corrected chi connectivity index (χ4v) is 2.04. The third kappa shape index (κ3) is 4.61. The summed E-state index contributed by atoms with van der Waals surface area (Å²) in [4.78, 5) is 3.66. The number of ether oxygens (including phenoxy) is 1. The van der Waals surface area contributed by atoms with E-state index in [0.717, 1.165) is 17.4 Å². The van der Waals surface area contributed by atoms with E-state index in [1.165, 1.54) is 0 Å². The molecule has 0 aliphatic rings. The minimum atomic E-state index is -4.49. The summed E-state index contributed by atoms with van der Waals surface area (Å²) in [5, 5.41) is 3.93. The minimum absolute atomic E-state index is 0.0509. The Bertz CT molecular complexity index is 730. The third-order valence-electron chi connectivity index (χ3n) is 3.08. The molecule has 0 aliphatic heterocycles. The van der Waals surface area contributed by atoms with Gasteiger partial charge in [0.1, 0.15) is 5.75 Å². The molecule has 128 valence electrons. The summed E-state index contributed by atoms with van der Waals surface area (Å²) in [5.41, 5.74) is 3.11. The first-order chi connectivity index (χ1) is 11.3. The van der Waals surface area contributed by atoms with Crippen LogP contribution in [0.3, 0.4) is 0 Å². The molecule has 0 spiro atoms. The van der Waals surface area contributed by atoms with Crippen LogP contribution >= 0.6 is 11.6 Å². The van der Waals surface area contributed by atoms with Gasteiger partial charge < -0.3 is 4.74 Å². The van der Waals surface area contributed by atoms with Crippen LogP contribution < -0.4 is 10.2 Å². The molecule has 0 fully saturated rings. The molecule has 24 heavy (non-hydrogen) atoms. The van der Waals surface area contributed by atoms with Crippen LogP contribution in [0.25, 0.3) is 0 Å². The van der Waals surface area contributed by atoms with Gasteiger partial charge in [0.25, 0.3) is 0 Å². The molecule has 0 atom stereocenters. The lowest BCUT2D eigenvalue weighted by molar-refractivity contribution is -0.137. The van der Waals surface area contributed by atoms with Gasteiger partial charge in [0.05, 0.1) is 22.9 Å². The Kier molecular flexibility index (Phi) is 5.66. The Balaban J connectivity index is 2.12. The van der Waals surface area contributed by atoms with E-state index in [0.29, 0.717) is 18.5 Å². The number of rotatable bonds is 5. The van der Waals surface area contributed by atoms with E-state index in [4.69, 9.17) is 16.3 Å². The molecule has 0 saturated heterocycles. The molecule has 1 aromatic carbocycles. The molecule has 8 heteroatoms. The highest BCUT2D eigenvalue weighted by atomic mass is 35.5. The molecular formula is C16H15ClF3N3O. The number of nitrogens with one attached hydrogen (secondary N) is 1. The topological polar surface area (TPSA) is 46.5 Å². The third-order valence-corrected chi connectivity index (χ3v) is 3.37. The Morgan fingerprint density at radius 2 is 1.96 bits per heavy atom. The van der Waals surface area contributed by atoms with Crippen molar-refractivity contribution in [1.82, 2.24) is 4.98 Å². The molecule has 0 unspecified atom stereocenters. The monoisotopic (exact) mass is 357 g/mol. The normalized spacial score (nSPS) is 12.2. The number of hydrogen-bond donors (Lipinski definition) is 1. The molecule has 0 bridgehead atoms. The largest absolute Gasteiger partial charge is 0.494 e. The molecule has 0 saturated carbocycles. The summed E-state index contributed by atoms with van der Waals surface area (Å²) in [5.74, 6) is 0.796. The average Bonchev–Trinajstić information content (AvgIpc) is 2.53. The van der Waals surface area contributed by atoms with E-state index in [2.05, 4.69) is 15.5 Å². The molecule has 0 aliphatic carbocycles. The van der Waals surface area contributed by atoms with Gasteiger partial charge in [0, 0.05) is 6.20 Å². The van der Waals surface area contributed by atoms with Crippen LogP contribution in [0.5, 0.6) is 5.75 Å². The summed E-state index contributed by atoms with van der Waals surface area (Å²) in [7, 11) is 0. The van der Waals surface area contributed by atoms with E-state index >= 15 is 0 Å². The zero-order valence-corrected chi connectivity index (χ0v) is 13.7. The van der Waals surface area contributed by atoms with Crippen LogP contribution in [0.4, 0.5) is 19.0 Å². The molecule has 0 radical (unpaired) electrons. The molecule has 2 rings (SSSR count). The number of nitrogens with zero attached hydrogens (tertiary/aromatic N) is 2. The molecule has 1 aromatic heterocycles.